The minimum Gasteiger partial charge on any atom is -0.478 e. The third-order valence-corrected chi connectivity index (χ3v) is 3.18. The molecule has 0 radical (unpaired) electrons. The van der Waals surface area contributed by atoms with Crippen LogP contribution in [0.4, 0.5) is 5.82 Å². The van der Waals surface area contributed by atoms with Gasteiger partial charge >= 0.3 is 0 Å². The lowest BCUT2D eigenvalue weighted by Gasteiger charge is -2.20. The number of hydrogen-bond donors (Lipinski definition) is 2. The Hall–Kier alpha value is -1.36. The van der Waals surface area contributed by atoms with Crippen LogP contribution in [0.15, 0.2) is 12.4 Å². The van der Waals surface area contributed by atoms with Gasteiger partial charge in [-0.1, -0.05) is 33.6 Å². The second-order valence-corrected chi connectivity index (χ2v) is 4.61. The predicted molar refractivity (Wildman–Crippen MR) is 76.4 cm³/mol. The zero-order valence-corrected chi connectivity index (χ0v) is 12.1. The summed E-state index contributed by atoms with van der Waals surface area (Å²) in [5.41, 5.74) is 0. The molecule has 19 heavy (non-hydrogen) atoms. The molecule has 1 unspecified atom stereocenters. The highest BCUT2D eigenvalue weighted by Gasteiger charge is 2.15. The van der Waals surface area contributed by atoms with E-state index in [2.05, 4.69) is 29.1 Å². The van der Waals surface area contributed by atoms with Gasteiger partial charge in [0.05, 0.1) is 12.7 Å². The van der Waals surface area contributed by atoms with Gasteiger partial charge in [0, 0.05) is 12.6 Å². The summed E-state index contributed by atoms with van der Waals surface area (Å²) >= 11 is 0. The van der Waals surface area contributed by atoms with E-state index in [0.29, 0.717) is 30.8 Å². The maximum absolute atomic E-state index is 10.0. The van der Waals surface area contributed by atoms with Gasteiger partial charge in [-0.25, -0.2) is 9.97 Å². The summed E-state index contributed by atoms with van der Waals surface area (Å²) in [4.78, 5) is 8.15. The lowest BCUT2D eigenvalue weighted by atomic mass is 9.97. The van der Waals surface area contributed by atoms with Crippen molar-refractivity contribution in [2.75, 3.05) is 18.5 Å². The Morgan fingerprint density at radius 1 is 1.26 bits per heavy atom. The highest BCUT2D eigenvalue weighted by atomic mass is 16.5. The van der Waals surface area contributed by atoms with Crippen LogP contribution in [0.2, 0.25) is 0 Å². The number of nitrogens with zero attached hydrogens (tertiary/aromatic N) is 2. The molecular formula is C14H25N3O2. The lowest BCUT2D eigenvalue weighted by Crippen LogP contribution is -2.27. The minimum absolute atomic E-state index is 0.324. The number of anilines is 1. The number of aliphatic hydroxyl groups is 1. The molecule has 1 aromatic rings. The first-order chi connectivity index (χ1) is 9.21. The molecule has 0 fully saturated rings. The Bertz CT molecular complexity index is 356. The van der Waals surface area contributed by atoms with E-state index in [-0.39, 0.29) is 6.10 Å². The van der Waals surface area contributed by atoms with E-state index >= 15 is 0 Å². The first-order valence-electron chi connectivity index (χ1n) is 7.07. The zero-order valence-electron chi connectivity index (χ0n) is 12.1. The van der Waals surface area contributed by atoms with Gasteiger partial charge in [0.2, 0.25) is 5.88 Å². The second-order valence-electron chi connectivity index (χ2n) is 4.61. The molecule has 1 aromatic heterocycles. The molecule has 0 spiro atoms. The smallest absolute Gasteiger partial charge is 0.218 e. The number of aliphatic hydroxyl groups excluding tert-OH is 1. The molecule has 1 rings (SSSR count). The topological polar surface area (TPSA) is 67.3 Å². The molecule has 0 amide bonds. The molecule has 1 atom stereocenters. The van der Waals surface area contributed by atoms with Crippen molar-refractivity contribution in [3.8, 4) is 5.88 Å². The molecule has 0 aliphatic heterocycles. The summed E-state index contributed by atoms with van der Waals surface area (Å²) in [6.07, 6.45) is 4.02. The van der Waals surface area contributed by atoms with E-state index in [1.807, 2.05) is 6.92 Å². The van der Waals surface area contributed by atoms with Crippen LogP contribution >= 0.6 is 0 Å². The summed E-state index contributed by atoms with van der Waals surface area (Å²) < 4.78 is 5.44. The molecule has 0 aliphatic carbocycles. The highest BCUT2D eigenvalue weighted by molar-refractivity contribution is 5.37. The molecule has 0 saturated carbocycles. The molecular weight excluding hydrogens is 242 g/mol. The molecule has 108 valence electrons. The Morgan fingerprint density at radius 2 is 2.00 bits per heavy atom. The predicted octanol–water partition coefficient (Wildman–Crippen LogP) is 2.47. The third kappa shape index (κ3) is 5.42. The van der Waals surface area contributed by atoms with Crippen LogP contribution in [-0.4, -0.2) is 34.3 Å². The minimum atomic E-state index is -0.357. The van der Waals surface area contributed by atoms with E-state index in [4.69, 9.17) is 4.74 Å². The monoisotopic (exact) mass is 267 g/mol. The first-order valence-corrected chi connectivity index (χ1v) is 7.07. The van der Waals surface area contributed by atoms with E-state index in [1.54, 1.807) is 6.07 Å². The lowest BCUT2D eigenvalue weighted by molar-refractivity contribution is 0.114. The molecule has 0 bridgehead atoms. The SMILES string of the molecule is CCCOc1cc(NCC(O)C(CC)CC)ncn1. The Kier molecular flexibility index (Phi) is 7.18. The fourth-order valence-electron chi connectivity index (χ4n) is 1.93. The van der Waals surface area contributed by atoms with Crippen molar-refractivity contribution in [3.63, 3.8) is 0 Å². The van der Waals surface area contributed by atoms with E-state index < -0.39 is 0 Å². The molecule has 0 aliphatic rings. The molecule has 5 heteroatoms. The van der Waals surface area contributed by atoms with Gasteiger partial charge in [-0.2, -0.15) is 0 Å². The third-order valence-electron chi connectivity index (χ3n) is 3.18. The van der Waals surface area contributed by atoms with Gasteiger partial charge in [-0.15, -0.1) is 0 Å². The van der Waals surface area contributed by atoms with E-state index in [0.717, 1.165) is 19.3 Å². The Labute approximate surface area is 115 Å². The van der Waals surface area contributed by atoms with E-state index in [9.17, 15) is 5.11 Å². The number of rotatable bonds is 9. The maximum Gasteiger partial charge on any atom is 0.218 e. The van der Waals surface area contributed by atoms with Crippen LogP contribution in [0.5, 0.6) is 5.88 Å². The number of nitrogens with one attached hydrogen (secondary N) is 1. The first kappa shape index (κ1) is 15.7. The molecule has 5 nitrogen and oxygen atoms in total. The van der Waals surface area contributed by atoms with Crippen LogP contribution in [0, 0.1) is 5.92 Å². The summed E-state index contributed by atoms with van der Waals surface area (Å²) in [5, 5.41) is 13.2. The van der Waals surface area contributed by atoms with Gasteiger partial charge in [0.1, 0.15) is 12.1 Å². The van der Waals surface area contributed by atoms with Gasteiger partial charge in [-0.05, 0) is 12.3 Å². The molecule has 2 N–H and O–H groups in total. The Balaban J connectivity index is 2.48. The largest absolute Gasteiger partial charge is 0.478 e. The zero-order chi connectivity index (χ0) is 14.1. The fourth-order valence-corrected chi connectivity index (χ4v) is 1.93. The van der Waals surface area contributed by atoms with Crippen molar-refractivity contribution in [2.45, 2.75) is 46.1 Å². The van der Waals surface area contributed by atoms with Gasteiger partial charge in [-0.3, -0.25) is 0 Å². The van der Waals surface area contributed by atoms with Crippen LogP contribution in [0.25, 0.3) is 0 Å². The summed E-state index contributed by atoms with van der Waals surface area (Å²) in [6, 6.07) is 1.76. The average molecular weight is 267 g/mol. The number of aromatic nitrogens is 2. The quantitative estimate of drug-likeness (QED) is 0.719. The van der Waals surface area contributed by atoms with Crippen molar-refractivity contribution < 1.29 is 9.84 Å². The van der Waals surface area contributed by atoms with Crippen molar-refractivity contribution in [3.05, 3.63) is 12.4 Å². The van der Waals surface area contributed by atoms with Gasteiger partial charge in [0.25, 0.3) is 0 Å². The van der Waals surface area contributed by atoms with Crippen molar-refractivity contribution in [2.24, 2.45) is 5.92 Å². The van der Waals surface area contributed by atoms with Crippen LogP contribution in [-0.2, 0) is 0 Å². The number of hydrogen-bond acceptors (Lipinski definition) is 5. The summed E-state index contributed by atoms with van der Waals surface area (Å²) in [7, 11) is 0. The fraction of sp³-hybridized carbons (Fsp3) is 0.714. The summed E-state index contributed by atoms with van der Waals surface area (Å²) in [5.74, 6) is 1.58. The van der Waals surface area contributed by atoms with Gasteiger partial charge in [0.15, 0.2) is 0 Å². The second kappa shape index (κ2) is 8.69. The van der Waals surface area contributed by atoms with Crippen molar-refractivity contribution >= 4 is 5.82 Å². The average Bonchev–Trinajstić information content (AvgIpc) is 2.44. The normalized spacial score (nSPS) is 12.5. The Morgan fingerprint density at radius 3 is 2.63 bits per heavy atom. The maximum atomic E-state index is 10.0. The number of ether oxygens (including phenoxy) is 1. The van der Waals surface area contributed by atoms with Crippen LogP contribution in [0.1, 0.15) is 40.0 Å². The van der Waals surface area contributed by atoms with Gasteiger partial charge < -0.3 is 15.2 Å². The molecule has 0 aromatic carbocycles. The highest BCUT2D eigenvalue weighted by Crippen LogP contribution is 2.15. The van der Waals surface area contributed by atoms with E-state index in [1.165, 1.54) is 6.33 Å². The standard InChI is InChI=1S/C14H25N3O2/c1-4-7-19-14-8-13(16-10-17-14)15-9-12(18)11(5-2)6-3/h8,10-12,18H,4-7,9H2,1-3H3,(H,15,16,17). The molecule has 1 heterocycles. The van der Waals surface area contributed by atoms with Crippen molar-refractivity contribution in [1.29, 1.82) is 0 Å². The van der Waals surface area contributed by atoms with Crippen LogP contribution < -0.4 is 10.1 Å². The summed E-state index contributed by atoms with van der Waals surface area (Å²) in [6.45, 7) is 7.38. The molecule has 0 saturated heterocycles. The van der Waals surface area contributed by atoms with Crippen LogP contribution in [0.3, 0.4) is 0 Å². The van der Waals surface area contributed by atoms with Crippen molar-refractivity contribution in [1.82, 2.24) is 9.97 Å².